The van der Waals surface area contributed by atoms with E-state index < -0.39 is 6.04 Å². The van der Waals surface area contributed by atoms with Crippen LogP contribution < -0.4 is 20.9 Å². The van der Waals surface area contributed by atoms with Crippen LogP contribution >= 0.6 is 11.6 Å². The lowest BCUT2D eigenvalue weighted by Gasteiger charge is -2.39. The van der Waals surface area contributed by atoms with Crippen LogP contribution in [0.15, 0.2) is 48.5 Å². The normalized spacial score (nSPS) is 18.2. The molecule has 2 saturated heterocycles. The number of piperazine rings is 2. The quantitative estimate of drug-likeness (QED) is 0.507. The number of carbonyl (C=O) groups is 4. The Hall–Kier alpha value is -3.63. The summed E-state index contributed by atoms with van der Waals surface area (Å²) in [5.41, 5.74) is 2.24. The SMILES string of the molecule is CC(=O)Nc1ccc(NC(=O)CC2C(=O)NCCN2C(=O)CN2CCN(c3ccc(Cl)cc3)CC2)cc1. The summed E-state index contributed by atoms with van der Waals surface area (Å²) in [6.45, 7) is 5.33. The Morgan fingerprint density at radius 1 is 0.919 bits per heavy atom. The molecule has 0 bridgehead atoms. The summed E-state index contributed by atoms with van der Waals surface area (Å²) in [4.78, 5) is 55.5. The number of nitrogens with zero attached hydrogens (tertiary/aromatic N) is 3. The number of hydrogen-bond acceptors (Lipinski definition) is 6. The van der Waals surface area contributed by atoms with Gasteiger partial charge in [-0.2, -0.15) is 0 Å². The fraction of sp³-hybridized carbons (Fsp3) is 0.385. The van der Waals surface area contributed by atoms with Crippen LogP contribution in [0.25, 0.3) is 0 Å². The number of rotatable bonds is 7. The minimum Gasteiger partial charge on any atom is -0.369 e. The molecule has 4 amide bonds. The van der Waals surface area contributed by atoms with Gasteiger partial charge in [0.2, 0.25) is 23.6 Å². The maximum Gasteiger partial charge on any atom is 0.243 e. The molecule has 1 unspecified atom stereocenters. The second-order valence-corrected chi connectivity index (χ2v) is 9.58. The van der Waals surface area contributed by atoms with E-state index in [2.05, 4.69) is 25.8 Å². The van der Waals surface area contributed by atoms with E-state index in [1.54, 1.807) is 24.3 Å². The smallest absolute Gasteiger partial charge is 0.243 e. The standard InChI is InChI=1S/C26H31ClN6O4/c1-18(34)29-20-4-6-21(7-5-20)30-24(35)16-23-26(37)28-10-11-33(23)25(36)17-31-12-14-32(15-13-31)22-8-2-19(27)3-9-22/h2-9,23H,10-17H2,1H3,(H,28,37)(H,29,34)(H,30,35). The Morgan fingerprint density at radius 3 is 2.16 bits per heavy atom. The molecule has 0 saturated carbocycles. The Labute approximate surface area is 220 Å². The first-order valence-electron chi connectivity index (χ1n) is 12.3. The fourth-order valence-electron chi connectivity index (χ4n) is 4.54. The summed E-state index contributed by atoms with van der Waals surface area (Å²) >= 11 is 5.98. The number of carbonyl (C=O) groups excluding carboxylic acids is 4. The molecule has 0 aromatic heterocycles. The van der Waals surface area contributed by atoms with E-state index in [1.807, 2.05) is 24.3 Å². The Morgan fingerprint density at radius 2 is 1.54 bits per heavy atom. The lowest BCUT2D eigenvalue weighted by atomic mass is 10.1. The average Bonchev–Trinajstić information content (AvgIpc) is 2.87. The minimum absolute atomic E-state index is 0.143. The summed E-state index contributed by atoms with van der Waals surface area (Å²) in [6.07, 6.45) is -0.143. The third-order valence-corrected chi connectivity index (χ3v) is 6.69. The highest BCUT2D eigenvalue weighted by Gasteiger charge is 2.35. The molecule has 2 aliphatic heterocycles. The molecule has 3 N–H and O–H groups in total. The van der Waals surface area contributed by atoms with Gasteiger partial charge in [-0.15, -0.1) is 0 Å². The maximum absolute atomic E-state index is 13.2. The molecule has 11 heteroatoms. The molecule has 0 aliphatic carbocycles. The second-order valence-electron chi connectivity index (χ2n) is 9.14. The lowest BCUT2D eigenvalue weighted by molar-refractivity contribution is -0.145. The van der Waals surface area contributed by atoms with Crippen molar-refractivity contribution in [2.45, 2.75) is 19.4 Å². The van der Waals surface area contributed by atoms with E-state index in [4.69, 9.17) is 11.6 Å². The number of amides is 4. The fourth-order valence-corrected chi connectivity index (χ4v) is 4.67. The van der Waals surface area contributed by atoms with E-state index in [0.29, 0.717) is 42.6 Å². The Balaban J connectivity index is 1.30. The molecule has 2 fully saturated rings. The Bertz CT molecular complexity index is 1130. The largest absolute Gasteiger partial charge is 0.369 e. The van der Waals surface area contributed by atoms with Gasteiger partial charge < -0.3 is 25.8 Å². The van der Waals surface area contributed by atoms with Gasteiger partial charge in [-0.3, -0.25) is 24.1 Å². The second kappa shape index (κ2) is 12.1. The van der Waals surface area contributed by atoms with Gasteiger partial charge in [0.05, 0.1) is 13.0 Å². The molecule has 2 aromatic rings. The van der Waals surface area contributed by atoms with Crippen molar-refractivity contribution in [3.63, 3.8) is 0 Å². The first kappa shape index (κ1) is 26.4. The molecular weight excluding hydrogens is 496 g/mol. The Kier molecular flexibility index (Phi) is 8.62. The molecule has 0 spiro atoms. The summed E-state index contributed by atoms with van der Waals surface area (Å²) < 4.78 is 0. The van der Waals surface area contributed by atoms with Gasteiger partial charge in [0.15, 0.2) is 0 Å². The van der Waals surface area contributed by atoms with Gasteiger partial charge >= 0.3 is 0 Å². The zero-order chi connectivity index (χ0) is 26.4. The third kappa shape index (κ3) is 7.21. The van der Waals surface area contributed by atoms with E-state index in [9.17, 15) is 19.2 Å². The van der Waals surface area contributed by atoms with E-state index in [-0.39, 0.29) is 36.6 Å². The van der Waals surface area contributed by atoms with Gasteiger partial charge in [0.1, 0.15) is 6.04 Å². The molecule has 2 heterocycles. The maximum atomic E-state index is 13.2. The molecule has 10 nitrogen and oxygen atoms in total. The van der Waals surface area contributed by atoms with Gasteiger partial charge in [-0.25, -0.2) is 0 Å². The molecule has 2 aliphatic rings. The summed E-state index contributed by atoms with van der Waals surface area (Å²) in [6, 6.07) is 13.5. The van der Waals surface area contributed by atoms with Crippen LogP contribution in [0.1, 0.15) is 13.3 Å². The molecular formula is C26H31ClN6O4. The van der Waals surface area contributed by atoms with E-state index in [0.717, 1.165) is 18.8 Å². The van der Waals surface area contributed by atoms with Crippen molar-refractivity contribution in [2.24, 2.45) is 0 Å². The highest BCUT2D eigenvalue weighted by Crippen LogP contribution is 2.20. The number of nitrogens with one attached hydrogen (secondary N) is 3. The van der Waals surface area contributed by atoms with Crippen molar-refractivity contribution < 1.29 is 19.2 Å². The number of hydrogen-bond donors (Lipinski definition) is 3. The van der Waals surface area contributed by atoms with Crippen LogP contribution in [0.2, 0.25) is 5.02 Å². The lowest BCUT2D eigenvalue weighted by Crippen LogP contribution is -2.60. The minimum atomic E-state index is -0.866. The first-order valence-corrected chi connectivity index (χ1v) is 12.6. The zero-order valence-corrected chi connectivity index (χ0v) is 21.5. The van der Waals surface area contributed by atoms with Gasteiger partial charge in [-0.05, 0) is 48.5 Å². The van der Waals surface area contributed by atoms with Crippen molar-refractivity contribution >= 4 is 52.3 Å². The van der Waals surface area contributed by atoms with Crippen molar-refractivity contribution in [2.75, 3.05) is 61.3 Å². The summed E-state index contributed by atoms with van der Waals surface area (Å²) in [5, 5.41) is 8.88. The predicted octanol–water partition coefficient (Wildman–Crippen LogP) is 1.78. The highest BCUT2D eigenvalue weighted by atomic mass is 35.5. The summed E-state index contributed by atoms with van der Waals surface area (Å²) in [5.74, 6) is -1.05. The first-order chi connectivity index (χ1) is 17.8. The highest BCUT2D eigenvalue weighted by molar-refractivity contribution is 6.30. The monoisotopic (exact) mass is 526 g/mol. The van der Waals surface area contributed by atoms with Crippen molar-refractivity contribution in [3.05, 3.63) is 53.6 Å². The average molecular weight is 527 g/mol. The van der Waals surface area contributed by atoms with Crippen LogP contribution in [0.3, 0.4) is 0 Å². The number of anilines is 3. The van der Waals surface area contributed by atoms with Crippen LogP contribution in [0.5, 0.6) is 0 Å². The van der Waals surface area contributed by atoms with Crippen LogP contribution in [-0.4, -0.2) is 85.3 Å². The molecule has 2 aromatic carbocycles. The molecule has 196 valence electrons. The molecule has 4 rings (SSSR count). The molecule has 0 radical (unpaired) electrons. The van der Waals surface area contributed by atoms with E-state index in [1.165, 1.54) is 11.8 Å². The topological polar surface area (TPSA) is 114 Å². The van der Waals surface area contributed by atoms with Crippen molar-refractivity contribution in [3.8, 4) is 0 Å². The third-order valence-electron chi connectivity index (χ3n) is 6.44. The molecule has 1 atom stereocenters. The van der Waals surface area contributed by atoms with Crippen LogP contribution in [0, 0.1) is 0 Å². The van der Waals surface area contributed by atoms with Crippen molar-refractivity contribution in [1.29, 1.82) is 0 Å². The molecule has 37 heavy (non-hydrogen) atoms. The number of halogens is 1. The van der Waals surface area contributed by atoms with Gasteiger partial charge in [0.25, 0.3) is 0 Å². The predicted molar refractivity (Wildman–Crippen MR) is 143 cm³/mol. The van der Waals surface area contributed by atoms with Crippen molar-refractivity contribution in [1.82, 2.24) is 15.1 Å². The van der Waals surface area contributed by atoms with Gasteiger partial charge in [0, 0.05) is 68.3 Å². The zero-order valence-electron chi connectivity index (χ0n) is 20.7. The summed E-state index contributed by atoms with van der Waals surface area (Å²) in [7, 11) is 0. The van der Waals surface area contributed by atoms with Gasteiger partial charge in [-0.1, -0.05) is 11.6 Å². The van der Waals surface area contributed by atoms with Crippen LogP contribution in [0.4, 0.5) is 17.1 Å². The number of benzene rings is 2. The van der Waals surface area contributed by atoms with Crippen LogP contribution in [-0.2, 0) is 19.2 Å². The van der Waals surface area contributed by atoms with E-state index >= 15 is 0 Å².